The van der Waals surface area contributed by atoms with Crippen LogP contribution in [0.15, 0.2) is 12.7 Å². The van der Waals surface area contributed by atoms with E-state index in [0.29, 0.717) is 32.8 Å². The molecule has 0 aliphatic rings. The number of rotatable bonds is 11. The molecule has 0 saturated heterocycles. The van der Waals surface area contributed by atoms with Crippen molar-refractivity contribution in [2.75, 3.05) is 53.2 Å². The van der Waals surface area contributed by atoms with Gasteiger partial charge in [0.2, 0.25) is 0 Å². The van der Waals surface area contributed by atoms with E-state index in [2.05, 4.69) is 6.58 Å². The Balaban J connectivity index is 3.63. The van der Waals surface area contributed by atoms with Crippen LogP contribution in [0.4, 0.5) is 0 Å². The lowest BCUT2D eigenvalue weighted by atomic mass is 10.3. The fraction of sp³-hybridized carbons (Fsp3) is 0.818. The van der Waals surface area contributed by atoms with Crippen LogP contribution in [0.5, 0.6) is 0 Å². The molecule has 1 unspecified atom stereocenters. The molecule has 0 spiro atoms. The van der Waals surface area contributed by atoms with Gasteiger partial charge in [-0.25, -0.2) is 0 Å². The summed E-state index contributed by atoms with van der Waals surface area (Å²) in [5, 5.41) is 18.5. The Kier molecular flexibility index (Phi) is 10.7. The molecular formula is C11H23NO4. The maximum Gasteiger partial charge on any atom is 0.0900 e. The highest BCUT2D eigenvalue weighted by molar-refractivity contribution is 4.75. The fourth-order valence-electron chi connectivity index (χ4n) is 1.29. The van der Waals surface area contributed by atoms with E-state index in [-0.39, 0.29) is 13.2 Å². The van der Waals surface area contributed by atoms with Crippen molar-refractivity contribution in [3.05, 3.63) is 12.7 Å². The van der Waals surface area contributed by atoms with Gasteiger partial charge in [0, 0.05) is 26.7 Å². The Labute approximate surface area is 97.3 Å². The lowest BCUT2D eigenvalue weighted by Gasteiger charge is -2.22. The normalized spacial score (nSPS) is 13.0. The third kappa shape index (κ3) is 8.82. The summed E-state index contributed by atoms with van der Waals surface area (Å²) in [4.78, 5) is 1.91. The summed E-state index contributed by atoms with van der Waals surface area (Å²) in [6.07, 6.45) is 1.19. The molecule has 0 aliphatic carbocycles. The first-order valence-electron chi connectivity index (χ1n) is 5.43. The smallest absolute Gasteiger partial charge is 0.0900 e. The molecule has 0 fully saturated rings. The predicted molar refractivity (Wildman–Crippen MR) is 62.4 cm³/mol. The molecule has 0 bridgehead atoms. The van der Waals surface area contributed by atoms with Gasteiger partial charge >= 0.3 is 0 Å². The van der Waals surface area contributed by atoms with Crippen molar-refractivity contribution < 1.29 is 19.7 Å². The minimum Gasteiger partial charge on any atom is -0.395 e. The van der Waals surface area contributed by atoms with Gasteiger partial charge in [-0.2, -0.15) is 0 Å². The van der Waals surface area contributed by atoms with Crippen LogP contribution in [0.2, 0.25) is 0 Å². The van der Waals surface area contributed by atoms with Gasteiger partial charge in [0.1, 0.15) is 0 Å². The van der Waals surface area contributed by atoms with Crippen molar-refractivity contribution in [2.24, 2.45) is 0 Å². The number of methoxy groups -OCH3 is 1. The number of nitrogens with zero attached hydrogens (tertiary/aromatic N) is 1. The molecule has 0 radical (unpaired) electrons. The van der Waals surface area contributed by atoms with Crippen LogP contribution in [-0.4, -0.2) is 74.4 Å². The largest absolute Gasteiger partial charge is 0.395 e. The molecule has 5 nitrogen and oxygen atoms in total. The summed E-state index contributed by atoms with van der Waals surface area (Å²) in [7, 11) is 1.60. The first-order valence-corrected chi connectivity index (χ1v) is 5.43. The topological polar surface area (TPSA) is 62.2 Å². The Morgan fingerprint density at radius 2 is 2.19 bits per heavy atom. The Morgan fingerprint density at radius 1 is 1.44 bits per heavy atom. The lowest BCUT2D eigenvalue weighted by Crippen LogP contribution is -2.37. The highest BCUT2D eigenvalue weighted by Crippen LogP contribution is 1.94. The van der Waals surface area contributed by atoms with Crippen LogP contribution in [0.25, 0.3) is 0 Å². The number of hydrogen-bond donors (Lipinski definition) is 2. The zero-order chi connectivity index (χ0) is 12.2. The molecule has 0 aliphatic heterocycles. The van der Waals surface area contributed by atoms with Crippen molar-refractivity contribution >= 4 is 0 Å². The van der Waals surface area contributed by atoms with Crippen molar-refractivity contribution in [3.8, 4) is 0 Å². The van der Waals surface area contributed by atoms with E-state index in [1.54, 1.807) is 13.2 Å². The van der Waals surface area contributed by atoms with Gasteiger partial charge in [-0.15, -0.1) is 6.58 Å². The molecule has 1 atom stereocenters. The summed E-state index contributed by atoms with van der Waals surface area (Å²) >= 11 is 0. The van der Waals surface area contributed by atoms with Crippen molar-refractivity contribution in [1.29, 1.82) is 0 Å². The quantitative estimate of drug-likeness (QED) is 0.372. The van der Waals surface area contributed by atoms with Crippen molar-refractivity contribution in [2.45, 2.75) is 6.10 Å². The minimum atomic E-state index is -0.552. The van der Waals surface area contributed by atoms with Crippen molar-refractivity contribution in [3.63, 3.8) is 0 Å². The second kappa shape index (κ2) is 11.0. The van der Waals surface area contributed by atoms with Gasteiger partial charge in [0.15, 0.2) is 0 Å². The van der Waals surface area contributed by atoms with E-state index < -0.39 is 6.10 Å². The Hall–Kier alpha value is -0.460. The van der Waals surface area contributed by atoms with Crippen LogP contribution in [0.3, 0.4) is 0 Å². The van der Waals surface area contributed by atoms with Crippen LogP contribution in [-0.2, 0) is 9.47 Å². The molecule has 0 amide bonds. The Bertz CT molecular complexity index is 166. The molecule has 16 heavy (non-hydrogen) atoms. The number of aliphatic hydroxyl groups excluding tert-OH is 2. The zero-order valence-corrected chi connectivity index (χ0v) is 9.97. The van der Waals surface area contributed by atoms with Gasteiger partial charge in [0.25, 0.3) is 0 Å². The summed E-state index contributed by atoms with van der Waals surface area (Å²) in [6.45, 7) is 6.64. The lowest BCUT2D eigenvalue weighted by molar-refractivity contribution is -0.000677. The molecule has 0 aromatic rings. The van der Waals surface area contributed by atoms with E-state index in [1.165, 1.54) is 0 Å². The molecule has 0 heterocycles. The molecule has 5 heteroatoms. The third-order valence-corrected chi connectivity index (χ3v) is 2.01. The summed E-state index contributed by atoms with van der Waals surface area (Å²) in [5.41, 5.74) is 0. The molecule has 0 aromatic heterocycles. The first kappa shape index (κ1) is 15.5. The van der Waals surface area contributed by atoms with Crippen LogP contribution in [0, 0.1) is 0 Å². The number of hydrogen-bond acceptors (Lipinski definition) is 5. The van der Waals surface area contributed by atoms with Gasteiger partial charge in [-0.1, -0.05) is 6.08 Å². The maximum absolute atomic E-state index is 9.65. The highest BCUT2D eigenvalue weighted by Gasteiger charge is 2.10. The fourth-order valence-corrected chi connectivity index (χ4v) is 1.29. The van der Waals surface area contributed by atoms with E-state index in [0.717, 1.165) is 0 Å². The molecular weight excluding hydrogens is 210 g/mol. The predicted octanol–water partition coefficient (Wildman–Crippen LogP) is -0.509. The molecule has 96 valence electrons. The zero-order valence-electron chi connectivity index (χ0n) is 9.97. The Morgan fingerprint density at radius 3 is 2.75 bits per heavy atom. The molecule has 0 saturated carbocycles. The summed E-state index contributed by atoms with van der Waals surface area (Å²) in [5.74, 6) is 0. The van der Waals surface area contributed by atoms with Crippen LogP contribution >= 0.6 is 0 Å². The van der Waals surface area contributed by atoms with E-state index >= 15 is 0 Å². The van der Waals surface area contributed by atoms with E-state index in [9.17, 15) is 5.11 Å². The minimum absolute atomic E-state index is 0.0745. The molecule has 0 rings (SSSR count). The van der Waals surface area contributed by atoms with Crippen LogP contribution in [0.1, 0.15) is 0 Å². The van der Waals surface area contributed by atoms with Crippen LogP contribution < -0.4 is 0 Å². The highest BCUT2D eigenvalue weighted by atomic mass is 16.5. The standard InChI is InChI=1S/C11H23NO4/c1-3-4-12(5-6-13)9-11(14)10-16-8-7-15-2/h3,11,13-14H,1,4-10H2,2H3. The first-order chi connectivity index (χ1) is 7.74. The van der Waals surface area contributed by atoms with Gasteiger partial charge in [0.05, 0.1) is 32.5 Å². The second-order valence-corrected chi connectivity index (χ2v) is 3.49. The molecule has 2 N–H and O–H groups in total. The second-order valence-electron chi connectivity index (χ2n) is 3.49. The SMILES string of the molecule is C=CCN(CCO)CC(O)COCCOC. The average molecular weight is 233 g/mol. The number of ether oxygens (including phenoxy) is 2. The third-order valence-electron chi connectivity index (χ3n) is 2.01. The van der Waals surface area contributed by atoms with Gasteiger partial charge < -0.3 is 19.7 Å². The van der Waals surface area contributed by atoms with Gasteiger partial charge in [-0.3, -0.25) is 4.90 Å². The maximum atomic E-state index is 9.65. The van der Waals surface area contributed by atoms with Crippen molar-refractivity contribution in [1.82, 2.24) is 4.90 Å². The van der Waals surface area contributed by atoms with E-state index in [1.807, 2.05) is 4.90 Å². The van der Waals surface area contributed by atoms with E-state index in [4.69, 9.17) is 14.6 Å². The number of aliphatic hydroxyl groups is 2. The van der Waals surface area contributed by atoms with Gasteiger partial charge in [-0.05, 0) is 0 Å². The monoisotopic (exact) mass is 233 g/mol. The average Bonchev–Trinajstić information content (AvgIpc) is 2.25. The summed E-state index contributed by atoms with van der Waals surface area (Å²) in [6, 6.07) is 0. The molecule has 0 aromatic carbocycles. The summed E-state index contributed by atoms with van der Waals surface area (Å²) < 4.78 is 10.0.